The van der Waals surface area contributed by atoms with Crippen LogP contribution in [0.4, 0.5) is 5.69 Å². The maximum atomic E-state index is 12.3. The van der Waals surface area contributed by atoms with Gasteiger partial charge in [0.1, 0.15) is 12.4 Å². The van der Waals surface area contributed by atoms with Crippen LogP contribution in [-0.2, 0) is 11.2 Å². The van der Waals surface area contributed by atoms with E-state index in [0.29, 0.717) is 23.9 Å². The summed E-state index contributed by atoms with van der Waals surface area (Å²) in [4.78, 5) is 12.3. The maximum Gasteiger partial charge on any atom is 0.276 e. The zero-order valence-corrected chi connectivity index (χ0v) is 15.5. The van der Waals surface area contributed by atoms with Gasteiger partial charge in [0.2, 0.25) is 0 Å². The third-order valence-electron chi connectivity index (χ3n) is 4.31. The molecule has 140 valence electrons. The maximum absolute atomic E-state index is 12.3. The van der Waals surface area contributed by atoms with E-state index in [9.17, 15) is 4.79 Å². The predicted octanol–water partition coefficient (Wildman–Crippen LogP) is 3.81. The molecule has 1 saturated heterocycles. The largest absolute Gasteiger partial charge is 0.491 e. The standard InChI is InChI=1S/C20H27N3O3/c1-14(2)11-16-12-19(23-22-16)20(24)21-15-6-8-17(9-7-15)26-13-18-5-3-4-10-25-18/h6-9,12,14,18H,3-5,10-11,13H2,1-2H3,(H,21,24)(H,22,23). The fraction of sp³-hybridized carbons (Fsp3) is 0.500. The van der Waals surface area contributed by atoms with Gasteiger partial charge in [0, 0.05) is 18.0 Å². The minimum absolute atomic E-state index is 0.183. The first-order valence-electron chi connectivity index (χ1n) is 9.30. The Bertz CT molecular complexity index is 703. The van der Waals surface area contributed by atoms with E-state index >= 15 is 0 Å². The number of carbonyl (C=O) groups excluding carboxylic acids is 1. The molecule has 6 heteroatoms. The highest BCUT2D eigenvalue weighted by molar-refractivity contribution is 6.02. The molecule has 6 nitrogen and oxygen atoms in total. The second-order valence-corrected chi connectivity index (χ2v) is 7.15. The van der Waals surface area contributed by atoms with Crippen LogP contribution in [0.5, 0.6) is 5.75 Å². The highest BCUT2D eigenvalue weighted by Gasteiger charge is 2.15. The average molecular weight is 357 g/mol. The zero-order chi connectivity index (χ0) is 18.4. The van der Waals surface area contributed by atoms with Crippen molar-refractivity contribution in [2.75, 3.05) is 18.5 Å². The molecule has 1 aromatic heterocycles. The fourth-order valence-corrected chi connectivity index (χ4v) is 2.98. The Morgan fingerprint density at radius 2 is 2.15 bits per heavy atom. The summed E-state index contributed by atoms with van der Waals surface area (Å²) in [7, 11) is 0. The first kappa shape index (κ1) is 18.5. The Hall–Kier alpha value is -2.34. The first-order chi connectivity index (χ1) is 12.6. The molecule has 0 spiro atoms. The molecule has 0 saturated carbocycles. The second kappa shape index (κ2) is 8.85. The summed E-state index contributed by atoms with van der Waals surface area (Å²) in [6.07, 6.45) is 4.45. The number of rotatable bonds is 7. The van der Waals surface area contributed by atoms with Crippen LogP contribution < -0.4 is 10.1 Å². The SMILES string of the molecule is CC(C)Cc1cc(C(=O)Nc2ccc(OCC3CCCCO3)cc2)n[nH]1. The fourth-order valence-electron chi connectivity index (χ4n) is 2.98. The van der Waals surface area contributed by atoms with Crippen molar-refractivity contribution in [2.24, 2.45) is 5.92 Å². The molecule has 1 aliphatic rings. The average Bonchev–Trinajstić information content (AvgIpc) is 3.10. The molecule has 1 atom stereocenters. The van der Waals surface area contributed by atoms with E-state index in [0.717, 1.165) is 37.3 Å². The topological polar surface area (TPSA) is 76.2 Å². The normalized spacial score (nSPS) is 17.3. The van der Waals surface area contributed by atoms with Gasteiger partial charge in [-0.2, -0.15) is 5.10 Å². The number of hydrogen-bond donors (Lipinski definition) is 2. The Balaban J connectivity index is 1.50. The summed E-state index contributed by atoms with van der Waals surface area (Å²) in [5.74, 6) is 1.06. The second-order valence-electron chi connectivity index (χ2n) is 7.15. The van der Waals surface area contributed by atoms with Gasteiger partial charge in [0.25, 0.3) is 5.91 Å². The molecular weight excluding hydrogens is 330 g/mol. The van der Waals surface area contributed by atoms with Crippen molar-refractivity contribution < 1.29 is 14.3 Å². The van der Waals surface area contributed by atoms with Crippen LogP contribution in [-0.4, -0.2) is 35.4 Å². The van der Waals surface area contributed by atoms with Gasteiger partial charge in [-0.05, 0) is 61.9 Å². The Labute approximate surface area is 154 Å². The summed E-state index contributed by atoms with van der Waals surface area (Å²) in [6, 6.07) is 9.17. The summed E-state index contributed by atoms with van der Waals surface area (Å²) in [6.45, 7) is 5.65. The van der Waals surface area contributed by atoms with Crippen molar-refractivity contribution in [3.8, 4) is 5.75 Å². The minimum atomic E-state index is -0.222. The molecule has 0 aliphatic carbocycles. The van der Waals surface area contributed by atoms with Gasteiger partial charge in [-0.3, -0.25) is 9.89 Å². The molecule has 2 heterocycles. The van der Waals surface area contributed by atoms with Crippen LogP contribution in [0.15, 0.2) is 30.3 Å². The van der Waals surface area contributed by atoms with E-state index in [-0.39, 0.29) is 12.0 Å². The van der Waals surface area contributed by atoms with Gasteiger partial charge in [-0.1, -0.05) is 13.8 Å². The van der Waals surface area contributed by atoms with Gasteiger partial charge >= 0.3 is 0 Å². The lowest BCUT2D eigenvalue weighted by molar-refractivity contribution is -0.0110. The van der Waals surface area contributed by atoms with E-state index in [1.807, 2.05) is 24.3 Å². The smallest absolute Gasteiger partial charge is 0.276 e. The zero-order valence-electron chi connectivity index (χ0n) is 15.5. The van der Waals surface area contributed by atoms with Crippen molar-refractivity contribution in [3.05, 3.63) is 41.7 Å². The quantitative estimate of drug-likeness (QED) is 0.790. The number of aromatic nitrogens is 2. The van der Waals surface area contributed by atoms with Crippen molar-refractivity contribution in [1.29, 1.82) is 0 Å². The number of ether oxygens (including phenoxy) is 2. The number of H-pyrrole nitrogens is 1. The van der Waals surface area contributed by atoms with E-state index in [4.69, 9.17) is 9.47 Å². The van der Waals surface area contributed by atoms with Crippen molar-refractivity contribution in [3.63, 3.8) is 0 Å². The summed E-state index contributed by atoms with van der Waals surface area (Å²) in [5, 5.41) is 9.86. The monoisotopic (exact) mass is 357 g/mol. The lowest BCUT2D eigenvalue weighted by Crippen LogP contribution is -2.25. The van der Waals surface area contributed by atoms with Gasteiger partial charge in [0.15, 0.2) is 5.69 Å². The number of hydrogen-bond acceptors (Lipinski definition) is 4. The molecule has 1 aromatic carbocycles. The van der Waals surface area contributed by atoms with Gasteiger partial charge in [-0.15, -0.1) is 0 Å². The Morgan fingerprint density at radius 3 is 2.85 bits per heavy atom. The number of aromatic amines is 1. The third kappa shape index (κ3) is 5.33. The molecular formula is C20H27N3O3. The molecule has 1 amide bonds. The minimum Gasteiger partial charge on any atom is -0.491 e. The molecule has 1 unspecified atom stereocenters. The summed E-state index contributed by atoms with van der Waals surface area (Å²) in [5.41, 5.74) is 2.08. The summed E-state index contributed by atoms with van der Waals surface area (Å²) >= 11 is 0. The molecule has 1 fully saturated rings. The highest BCUT2D eigenvalue weighted by Crippen LogP contribution is 2.19. The van der Waals surface area contributed by atoms with Crippen LogP contribution in [0.1, 0.15) is 49.3 Å². The van der Waals surface area contributed by atoms with Crippen molar-refractivity contribution >= 4 is 11.6 Å². The van der Waals surface area contributed by atoms with Crippen molar-refractivity contribution in [2.45, 2.75) is 45.6 Å². The molecule has 0 bridgehead atoms. The number of nitrogens with one attached hydrogen (secondary N) is 2. The molecule has 3 rings (SSSR count). The lowest BCUT2D eigenvalue weighted by atomic mass is 10.1. The number of benzene rings is 1. The molecule has 1 aliphatic heterocycles. The molecule has 2 N–H and O–H groups in total. The third-order valence-corrected chi connectivity index (χ3v) is 4.31. The van der Waals surface area contributed by atoms with Crippen LogP contribution in [0.25, 0.3) is 0 Å². The molecule has 26 heavy (non-hydrogen) atoms. The van der Waals surface area contributed by atoms with Gasteiger partial charge < -0.3 is 14.8 Å². The Kier molecular flexibility index (Phi) is 6.28. The number of amides is 1. The van der Waals surface area contributed by atoms with Crippen LogP contribution >= 0.6 is 0 Å². The highest BCUT2D eigenvalue weighted by atomic mass is 16.5. The van der Waals surface area contributed by atoms with E-state index < -0.39 is 0 Å². The van der Waals surface area contributed by atoms with Gasteiger partial charge in [0.05, 0.1) is 6.10 Å². The number of anilines is 1. The molecule has 2 aromatic rings. The van der Waals surface area contributed by atoms with Gasteiger partial charge in [-0.25, -0.2) is 0 Å². The summed E-state index contributed by atoms with van der Waals surface area (Å²) < 4.78 is 11.4. The van der Waals surface area contributed by atoms with E-state index in [2.05, 4.69) is 29.4 Å². The Morgan fingerprint density at radius 1 is 1.35 bits per heavy atom. The number of carbonyl (C=O) groups is 1. The predicted molar refractivity (Wildman–Crippen MR) is 101 cm³/mol. The first-order valence-corrected chi connectivity index (χ1v) is 9.30. The van der Waals surface area contributed by atoms with Crippen LogP contribution in [0.3, 0.4) is 0 Å². The van der Waals surface area contributed by atoms with Crippen LogP contribution in [0.2, 0.25) is 0 Å². The van der Waals surface area contributed by atoms with E-state index in [1.165, 1.54) is 6.42 Å². The van der Waals surface area contributed by atoms with Crippen LogP contribution in [0, 0.1) is 5.92 Å². The molecule has 0 radical (unpaired) electrons. The number of nitrogens with zero attached hydrogens (tertiary/aromatic N) is 1. The van der Waals surface area contributed by atoms with Crippen molar-refractivity contribution in [1.82, 2.24) is 10.2 Å². The van der Waals surface area contributed by atoms with E-state index in [1.54, 1.807) is 6.07 Å². The lowest BCUT2D eigenvalue weighted by Gasteiger charge is -2.22.